The van der Waals surface area contributed by atoms with Crippen molar-refractivity contribution in [3.05, 3.63) is 57.8 Å². The predicted octanol–water partition coefficient (Wildman–Crippen LogP) is 4.94. The molecule has 0 aliphatic rings. The van der Waals surface area contributed by atoms with Gasteiger partial charge in [0.25, 0.3) is 5.91 Å². The summed E-state index contributed by atoms with van der Waals surface area (Å²) in [6.07, 6.45) is 0. The van der Waals surface area contributed by atoms with Crippen LogP contribution < -0.4 is 5.32 Å². The van der Waals surface area contributed by atoms with Crippen molar-refractivity contribution >= 4 is 34.8 Å². The van der Waals surface area contributed by atoms with Gasteiger partial charge >= 0.3 is 0 Å². The summed E-state index contributed by atoms with van der Waals surface area (Å²) < 4.78 is 0. The molecule has 0 saturated heterocycles. The zero-order valence-electron chi connectivity index (χ0n) is 12.1. The molecule has 21 heavy (non-hydrogen) atoms. The van der Waals surface area contributed by atoms with E-state index in [1.165, 1.54) is 17.7 Å². The molecule has 2 rings (SSSR count). The van der Waals surface area contributed by atoms with E-state index in [1.54, 1.807) is 0 Å². The van der Waals surface area contributed by atoms with Gasteiger partial charge in [-0.2, -0.15) is 0 Å². The smallest absolute Gasteiger partial charge is 0.255 e. The number of carbonyl (C=O) groups is 1. The normalized spacial score (nSPS) is 11.3. The van der Waals surface area contributed by atoms with Gasteiger partial charge in [-0.1, -0.05) is 56.1 Å². The van der Waals surface area contributed by atoms with E-state index in [2.05, 4.69) is 31.1 Å². The molecule has 0 radical (unpaired) electrons. The van der Waals surface area contributed by atoms with E-state index in [4.69, 9.17) is 23.2 Å². The fourth-order valence-electron chi connectivity index (χ4n) is 1.85. The second-order valence-electron chi connectivity index (χ2n) is 5.78. The zero-order valence-corrected chi connectivity index (χ0v) is 13.6. The fraction of sp³-hybridized carbons (Fsp3) is 0.250. The molecule has 110 valence electrons. The standard InChI is InChI=1S/C16H16Cl2N2O/c1-16(2,3)11-4-6-12(7-5-11)19-15(21)10-8-13(17)20-14(18)9-10/h4-9H,1-3H3,(H,19,21). The lowest BCUT2D eigenvalue weighted by Crippen LogP contribution is -2.13. The molecular formula is C16H16Cl2N2O. The largest absolute Gasteiger partial charge is 0.322 e. The lowest BCUT2D eigenvalue weighted by atomic mass is 9.87. The summed E-state index contributed by atoms with van der Waals surface area (Å²) in [6.45, 7) is 6.42. The lowest BCUT2D eigenvalue weighted by molar-refractivity contribution is 0.102. The van der Waals surface area contributed by atoms with Crippen molar-refractivity contribution in [3.63, 3.8) is 0 Å². The van der Waals surface area contributed by atoms with E-state index in [0.29, 0.717) is 5.56 Å². The average Bonchev–Trinajstić information content (AvgIpc) is 2.37. The quantitative estimate of drug-likeness (QED) is 0.796. The Morgan fingerprint density at radius 1 is 1.05 bits per heavy atom. The van der Waals surface area contributed by atoms with Crippen LogP contribution in [0.3, 0.4) is 0 Å². The van der Waals surface area contributed by atoms with Crippen LogP contribution in [-0.2, 0) is 5.41 Å². The summed E-state index contributed by atoms with van der Waals surface area (Å²) in [7, 11) is 0. The number of aromatic nitrogens is 1. The Morgan fingerprint density at radius 2 is 1.57 bits per heavy atom. The fourth-order valence-corrected chi connectivity index (χ4v) is 2.31. The molecule has 1 aromatic heterocycles. The van der Waals surface area contributed by atoms with Gasteiger partial charge in [-0.15, -0.1) is 0 Å². The van der Waals surface area contributed by atoms with Crippen LogP contribution >= 0.6 is 23.2 Å². The van der Waals surface area contributed by atoms with E-state index in [0.717, 1.165) is 5.69 Å². The van der Waals surface area contributed by atoms with Crippen molar-refractivity contribution in [2.45, 2.75) is 26.2 Å². The molecule has 1 N–H and O–H groups in total. The monoisotopic (exact) mass is 322 g/mol. The minimum atomic E-state index is -0.273. The number of anilines is 1. The molecule has 0 bridgehead atoms. The molecule has 1 aromatic carbocycles. The summed E-state index contributed by atoms with van der Waals surface area (Å²) in [5, 5.41) is 3.19. The Kier molecular flexibility index (Phi) is 4.55. The second-order valence-corrected chi connectivity index (χ2v) is 6.56. The van der Waals surface area contributed by atoms with Gasteiger partial charge < -0.3 is 5.32 Å². The van der Waals surface area contributed by atoms with Crippen molar-refractivity contribution in [3.8, 4) is 0 Å². The van der Waals surface area contributed by atoms with E-state index < -0.39 is 0 Å². The summed E-state index contributed by atoms with van der Waals surface area (Å²) >= 11 is 11.6. The predicted molar refractivity (Wildman–Crippen MR) is 87.4 cm³/mol. The third-order valence-corrected chi connectivity index (χ3v) is 3.42. The first-order valence-electron chi connectivity index (χ1n) is 6.51. The van der Waals surface area contributed by atoms with Crippen molar-refractivity contribution in [1.29, 1.82) is 0 Å². The van der Waals surface area contributed by atoms with E-state index in [1.807, 2.05) is 24.3 Å². The Hall–Kier alpha value is -1.58. The van der Waals surface area contributed by atoms with Crippen molar-refractivity contribution < 1.29 is 4.79 Å². The highest BCUT2D eigenvalue weighted by Crippen LogP contribution is 2.24. The van der Waals surface area contributed by atoms with Crippen LogP contribution in [-0.4, -0.2) is 10.9 Å². The van der Waals surface area contributed by atoms with Crippen molar-refractivity contribution in [1.82, 2.24) is 4.98 Å². The van der Waals surface area contributed by atoms with E-state index in [9.17, 15) is 4.79 Å². The number of hydrogen-bond donors (Lipinski definition) is 1. The number of hydrogen-bond acceptors (Lipinski definition) is 2. The Bertz CT molecular complexity index is 641. The molecule has 1 heterocycles. The zero-order chi connectivity index (χ0) is 15.6. The molecule has 2 aromatic rings. The Morgan fingerprint density at radius 3 is 2.05 bits per heavy atom. The van der Waals surface area contributed by atoms with Crippen LogP contribution in [0.25, 0.3) is 0 Å². The van der Waals surface area contributed by atoms with Crippen molar-refractivity contribution in [2.24, 2.45) is 0 Å². The summed E-state index contributed by atoms with van der Waals surface area (Å²) in [5.74, 6) is -0.273. The van der Waals surface area contributed by atoms with Gasteiger partial charge in [-0.05, 0) is 35.2 Å². The molecule has 0 aliphatic carbocycles. The second kappa shape index (κ2) is 6.04. The van der Waals surface area contributed by atoms with Crippen LogP contribution in [0, 0.1) is 0 Å². The number of pyridine rings is 1. The third-order valence-electron chi connectivity index (χ3n) is 3.03. The summed E-state index contributed by atoms with van der Waals surface area (Å²) in [6, 6.07) is 10.7. The van der Waals surface area contributed by atoms with Gasteiger partial charge in [0.2, 0.25) is 0 Å². The first-order chi connectivity index (χ1) is 9.75. The topological polar surface area (TPSA) is 42.0 Å². The van der Waals surface area contributed by atoms with Crippen LogP contribution in [0.4, 0.5) is 5.69 Å². The number of rotatable bonds is 2. The maximum Gasteiger partial charge on any atom is 0.255 e. The summed E-state index contributed by atoms with van der Waals surface area (Å²) in [4.78, 5) is 16.0. The molecule has 1 amide bonds. The Labute approximate surface area is 134 Å². The maximum atomic E-state index is 12.1. The van der Waals surface area contributed by atoms with Crippen LogP contribution in [0.2, 0.25) is 10.3 Å². The maximum absolute atomic E-state index is 12.1. The van der Waals surface area contributed by atoms with E-state index >= 15 is 0 Å². The molecule has 0 fully saturated rings. The minimum absolute atomic E-state index is 0.0781. The number of amides is 1. The Balaban J connectivity index is 2.16. The molecule has 0 atom stereocenters. The highest BCUT2D eigenvalue weighted by Gasteiger charge is 2.14. The first-order valence-corrected chi connectivity index (χ1v) is 7.26. The number of benzene rings is 1. The molecule has 3 nitrogen and oxygen atoms in total. The molecule has 0 spiro atoms. The number of nitrogens with zero attached hydrogens (tertiary/aromatic N) is 1. The lowest BCUT2D eigenvalue weighted by Gasteiger charge is -2.19. The third kappa shape index (κ3) is 4.19. The van der Waals surface area contributed by atoms with Crippen LogP contribution in [0.15, 0.2) is 36.4 Å². The number of nitrogens with one attached hydrogen (secondary N) is 1. The number of halogens is 2. The number of carbonyl (C=O) groups excluding carboxylic acids is 1. The summed E-state index contributed by atoms with van der Waals surface area (Å²) in [5.41, 5.74) is 2.38. The average molecular weight is 323 g/mol. The molecule has 0 aliphatic heterocycles. The molecular weight excluding hydrogens is 307 g/mol. The molecule has 0 unspecified atom stereocenters. The molecule has 5 heteroatoms. The SMILES string of the molecule is CC(C)(C)c1ccc(NC(=O)c2cc(Cl)nc(Cl)c2)cc1. The van der Waals surface area contributed by atoms with Crippen LogP contribution in [0.1, 0.15) is 36.7 Å². The van der Waals surface area contributed by atoms with Gasteiger partial charge in [0.15, 0.2) is 0 Å². The highest BCUT2D eigenvalue weighted by molar-refractivity contribution is 6.33. The minimum Gasteiger partial charge on any atom is -0.322 e. The highest BCUT2D eigenvalue weighted by atomic mass is 35.5. The van der Waals surface area contributed by atoms with Crippen molar-refractivity contribution in [2.75, 3.05) is 5.32 Å². The molecule has 0 saturated carbocycles. The van der Waals surface area contributed by atoms with Gasteiger partial charge in [0.1, 0.15) is 10.3 Å². The van der Waals surface area contributed by atoms with Crippen LogP contribution in [0.5, 0.6) is 0 Å². The van der Waals surface area contributed by atoms with E-state index in [-0.39, 0.29) is 21.6 Å². The van der Waals surface area contributed by atoms with Gasteiger partial charge in [0.05, 0.1) is 0 Å². The van der Waals surface area contributed by atoms with Gasteiger partial charge in [0, 0.05) is 11.3 Å². The van der Waals surface area contributed by atoms with Gasteiger partial charge in [-0.3, -0.25) is 4.79 Å². The first kappa shape index (κ1) is 15.8. The van der Waals surface area contributed by atoms with Gasteiger partial charge in [-0.25, -0.2) is 4.98 Å².